The van der Waals surface area contributed by atoms with E-state index in [-0.39, 0.29) is 0 Å². The molecule has 0 spiro atoms. The van der Waals surface area contributed by atoms with Crippen LogP contribution in [-0.4, -0.2) is 12.0 Å². The summed E-state index contributed by atoms with van der Waals surface area (Å²) in [5, 5.41) is 3.29. The molecule has 2 rings (SSSR count). The molecule has 1 atom stereocenters. The molecule has 2 aromatic rings. The first-order valence-electron chi connectivity index (χ1n) is 6.28. The van der Waals surface area contributed by atoms with E-state index >= 15 is 0 Å². The van der Waals surface area contributed by atoms with Gasteiger partial charge in [0.25, 0.3) is 0 Å². The van der Waals surface area contributed by atoms with Gasteiger partial charge in [0.1, 0.15) is 11.5 Å². The Morgan fingerprint density at radius 1 is 1.26 bits per heavy atom. The number of hydrogen-bond acceptors (Lipinski definition) is 3. The second-order valence-electron chi connectivity index (χ2n) is 4.26. The lowest BCUT2D eigenvalue weighted by molar-refractivity contribution is 0.476. The minimum absolute atomic E-state index is 0.351. The Kier molecular flexibility index (Phi) is 4.93. The van der Waals surface area contributed by atoms with Gasteiger partial charge in [-0.25, -0.2) is 0 Å². The topological polar surface area (TPSA) is 34.1 Å². The van der Waals surface area contributed by atoms with Crippen LogP contribution in [0.2, 0.25) is 0 Å². The third kappa shape index (κ3) is 3.78. The molecule has 0 saturated heterocycles. The van der Waals surface area contributed by atoms with Crippen molar-refractivity contribution in [3.8, 4) is 11.5 Å². The lowest BCUT2D eigenvalue weighted by Crippen LogP contribution is -2.14. The summed E-state index contributed by atoms with van der Waals surface area (Å²) in [4.78, 5) is 4.09. The van der Waals surface area contributed by atoms with Crippen molar-refractivity contribution in [3.63, 3.8) is 0 Å². The minimum Gasteiger partial charge on any atom is -0.456 e. The SMILES string of the molecule is CCC(NC)c1cccc(Oc2cncc(Br)c2)c1. The van der Waals surface area contributed by atoms with Gasteiger partial charge in [0.15, 0.2) is 0 Å². The summed E-state index contributed by atoms with van der Waals surface area (Å²) >= 11 is 3.38. The molecule has 4 heteroatoms. The molecule has 1 unspecified atom stereocenters. The monoisotopic (exact) mass is 320 g/mol. The van der Waals surface area contributed by atoms with Crippen molar-refractivity contribution < 1.29 is 4.74 Å². The fourth-order valence-electron chi connectivity index (χ4n) is 1.99. The van der Waals surface area contributed by atoms with E-state index in [0.29, 0.717) is 6.04 Å². The van der Waals surface area contributed by atoms with Crippen molar-refractivity contribution in [1.29, 1.82) is 0 Å². The van der Waals surface area contributed by atoms with E-state index in [1.807, 2.05) is 25.2 Å². The largest absolute Gasteiger partial charge is 0.456 e. The Bertz CT molecular complexity index is 541. The van der Waals surface area contributed by atoms with Crippen molar-refractivity contribution >= 4 is 15.9 Å². The Labute approximate surface area is 122 Å². The first-order valence-corrected chi connectivity index (χ1v) is 7.08. The maximum absolute atomic E-state index is 5.82. The lowest BCUT2D eigenvalue weighted by atomic mass is 10.0. The average molecular weight is 321 g/mol. The number of nitrogens with zero attached hydrogens (tertiary/aromatic N) is 1. The number of hydrogen-bond donors (Lipinski definition) is 1. The van der Waals surface area contributed by atoms with Gasteiger partial charge >= 0.3 is 0 Å². The standard InChI is InChI=1S/C15H17BrN2O/c1-3-15(17-2)11-5-4-6-13(7-11)19-14-8-12(16)9-18-10-14/h4-10,15,17H,3H2,1-2H3. The van der Waals surface area contributed by atoms with Gasteiger partial charge < -0.3 is 10.1 Å². The number of rotatable bonds is 5. The highest BCUT2D eigenvalue weighted by molar-refractivity contribution is 9.10. The molecule has 0 amide bonds. The molecule has 0 fully saturated rings. The molecule has 1 N–H and O–H groups in total. The number of benzene rings is 1. The van der Waals surface area contributed by atoms with Crippen LogP contribution in [0.5, 0.6) is 11.5 Å². The molecule has 3 nitrogen and oxygen atoms in total. The van der Waals surface area contributed by atoms with E-state index in [4.69, 9.17) is 4.74 Å². The summed E-state index contributed by atoms with van der Waals surface area (Å²) in [7, 11) is 1.97. The molecular weight excluding hydrogens is 304 g/mol. The van der Waals surface area contributed by atoms with Gasteiger partial charge in [-0.05, 0) is 53.2 Å². The van der Waals surface area contributed by atoms with Crippen LogP contribution in [0.3, 0.4) is 0 Å². The van der Waals surface area contributed by atoms with Crippen molar-refractivity contribution in [2.24, 2.45) is 0 Å². The van der Waals surface area contributed by atoms with Crippen LogP contribution in [-0.2, 0) is 0 Å². The highest BCUT2D eigenvalue weighted by Gasteiger charge is 2.07. The van der Waals surface area contributed by atoms with Crippen molar-refractivity contribution in [2.75, 3.05) is 7.05 Å². The molecule has 0 aliphatic rings. The quantitative estimate of drug-likeness (QED) is 0.891. The van der Waals surface area contributed by atoms with Crippen molar-refractivity contribution in [1.82, 2.24) is 10.3 Å². The van der Waals surface area contributed by atoms with Gasteiger partial charge in [-0.15, -0.1) is 0 Å². The van der Waals surface area contributed by atoms with Crippen LogP contribution < -0.4 is 10.1 Å². The number of nitrogens with one attached hydrogen (secondary N) is 1. The normalized spacial score (nSPS) is 12.2. The maximum Gasteiger partial charge on any atom is 0.146 e. The van der Waals surface area contributed by atoms with Gasteiger partial charge in [0.05, 0.1) is 6.20 Å². The Balaban J connectivity index is 2.19. The van der Waals surface area contributed by atoms with Gasteiger partial charge in [-0.2, -0.15) is 0 Å². The summed E-state index contributed by atoms with van der Waals surface area (Å²) < 4.78 is 6.72. The molecule has 0 radical (unpaired) electrons. The molecule has 19 heavy (non-hydrogen) atoms. The molecule has 100 valence electrons. The fraction of sp³-hybridized carbons (Fsp3) is 0.267. The van der Waals surface area contributed by atoms with Crippen LogP contribution in [0.25, 0.3) is 0 Å². The molecule has 1 heterocycles. The van der Waals surface area contributed by atoms with E-state index in [1.54, 1.807) is 12.4 Å². The number of pyridine rings is 1. The van der Waals surface area contributed by atoms with Crippen LogP contribution in [0, 0.1) is 0 Å². The second kappa shape index (κ2) is 6.68. The third-order valence-corrected chi connectivity index (χ3v) is 3.37. The smallest absolute Gasteiger partial charge is 0.146 e. The average Bonchev–Trinajstić information content (AvgIpc) is 2.41. The lowest BCUT2D eigenvalue weighted by Gasteiger charge is -2.15. The molecule has 1 aromatic heterocycles. The Morgan fingerprint density at radius 3 is 2.79 bits per heavy atom. The highest BCUT2D eigenvalue weighted by atomic mass is 79.9. The highest BCUT2D eigenvalue weighted by Crippen LogP contribution is 2.26. The van der Waals surface area contributed by atoms with Gasteiger partial charge in [0.2, 0.25) is 0 Å². The predicted octanol–water partition coefficient (Wildman–Crippen LogP) is 4.31. The van der Waals surface area contributed by atoms with Crippen molar-refractivity contribution in [3.05, 3.63) is 52.8 Å². The number of halogens is 1. The number of aromatic nitrogens is 1. The molecule has 0 aliphatic carbocycles. The zero-order valence-electron chi connectivity index (χ0n) is 11.1. The van der Waals surface area contributed by atoms with E-state index in [1.165, 1.54) is 5.56 Å². The predicted molar refractivity (Wildman–Crippen MR) is 80.5 cm³/mol. The summed E-state index contributed by atoms with van der Waals surface area (Å²) in [6, 6.07) is 10.4. The fourth-order valence-corrected chi connectivity index (χ4v) is 2.33. The summed E-state index contributed by atoms with van der Waals surface area (Å²) in [5.74, 6) is 1.55. The molecular formula is C15H17BrN2O. The first kappa shape index (κ1) is 14.0. The van der Waals surface area contributed by atoms with E-state index in [0.717, 1.165) is 22.4 Å². The van der Waals surface area contributed by atoms with Crippen molar-refractivity contribution in [2.45, 2.75) is 19.4 Å². The summed E-state index contributed by atoms with van der Waals surface area (Å²) in [6.07, 6.45) is 4.47. The van der Waals surface area contributed by atoms with Crippen LogP contribution in [0.15, 0.2) is 47.2 Å². The third-order valence-electron chi connectivity index (χ3n) is 2.93. The van der Waals surface area contributed by atoms with Gasteiger partial charge in [-0.1, -0.05) is 19.1 Å². The minimum atomic E-state index is 0.351. The molecule has 0 bridgehead atoms. The zero-order valence-corrected chi connectivity index (χ0v) is 12.6. The van der Waals surface area contributed by atoms with Crippen LogP contribution >= 0.6 is 15.9 Å². The second-order valence-corrected chi connectivity index (χ2v) is 5.18. The number of ether oxygens (including phenoxy) is 1. The van der Waals surface area contributed by atoms with E-state index in [2.05, 4.69) is 45.3 Å². The molecule has 0 aliphatic heterocycles. The van der Waals surface area contributed by atoms with Crippen LogP contribution in [0.4, 0.5) is 0 Å². The van der Waals surface area contributed by atoms with E-state index in [9.17, 15) is 0 Å². The Hall–Kier alpha value is -1.39. The summed E-state index contributed by atoms with van der Waals surface area (Å²) in [6.45, 7) is 2.16. The first-order chi connectivity index (χ1) is 9.22. The van der Waals surface area contributed by atoms with E-state index < -0.39 is 0 Å². The molecule has 1 aromatic carbocycles. The van der Waals surface area contributed by atoms with Gasteiger partial charge in [0, 0.05) is 16.7 Å². The molecule has 0 saturated carbocycles. The van der Waals surface area contributed by atoms with Gasteiger partial charge in [-0.3, -0.25) is 4.98 Å². The zero-order chi connectivity index (χ0) is 13.7. The summed E-state index contributed by atoms with van der Waals surface area (Å²) in [5.41, 5.74) is 1.23. The maximum atomic E-state index is 5.82. The Morgan fingerprint density at radius 2 is 2.11 bits per heavy atom. The van der Waals surface area contributed by atoms with Crippen LogP contribution in [0.1, 0.15) is 24.9 Å².